The quantitative estimate of drug-likeness (QED) is 0.808. The zero-order chi connectivity index (χ0) is 17.2. The van der Waals surface area contributed by atoms with E-state index in [9.17, 15) is 14.7 Å². The van der Waals surface area contributed by atoms with Crippen molar-refractivity contribution in [2.75, 3.05) is 0 Å². The molecule has 23 heavy (non-hydrogen) atoms. The van der Waals surface area contributed by atoms with Gasteiger partial charge in [0.2, 0.25) is 0 Å². The first kappa shape index (κ1) is 16.9. The van der Waals surface area contributed by atoms with Gasteiger partial charge in [-0.25, -0.2) is 9.59 Å². The summed E-state index contributed by atoms with van der Waals surface area (Å²) >= 11 is 0. The van der Waals surface area contributed by atoms with Gasteiger partial charge in [-0.05, 0) is 44.9 Å². The second-order valence-corrected chi connectivity index (χ2v) is 6.55. The van der Waals surface area contributed by atoms with Crippen molar-refractivity contribution in [3.63, 3.8) is 0 Å². The number of benzene rings is 1. The van der Waals surface area contributed by atoms with E-state index in [1.807, 2.05) is 25.1 Å². The summed E-state index contributed by atoms with van der Waals surface area (Å²) in [7, 11) is 0. The minimum Gasteiger partial charge on any atom is -0.480 e. The Balaban J connectivity index is 2.19. The van der Waals surface area contributed by atoms with Gasteiger partial charge in [0.05, 0.1) is 0 Å². The summed E-state index contributed by atoms with van der Waals surface area (Å²) in [6, 6.07) is 4.79. The number of carbonyl (C=O) groups is 2. The van der Waals surface area contributed by atoms with Crippen molar-refractivity contribution >= 4 is 23.0 Å². The fourth-order valence-corrected chi connectivity index (χ4v) is 2.48. The van der Waals surface area contributed by atoms with Crippen LogP contribution in [0, 0.1) is 6.92 Å². The predicted molar refractivity (Wildman–Crippen MR) is 87.5 cm³/mol. The van der Waals surface area contributed by atoms with E-state index < -0.39 is 23.7 Å². The molecule has 124 valence electrons. The van der Waals surface area contributed by atoms with Gasteiger partial charge in [-0.15, -0.1) is 0 Å². The molecule has 0 saturated carbocycles. The number of rotatable bonds is 4. The van der Waals surface area contributed by atoms with Gasteiger partial charge < -0.3 is 20.1 Å². The van der Waals surface area contributed by atoms with E-state index in [-0.39, 0.29) is 6.42 Å². The Morgan fingerprint density at radius 1 is 1.35 bits per heavy atom. The number of ether oxygens (including phenoxy) is 1. The Morgan fingerprint density at radius 3 is 2.65 bits per heavy atom. The maximum atomic E-state index is 11.8. The van der Waals surface area contributed by atoms with E-state index >= 15 is 0 Å². The molecule has 0 bridgehead atoms. The fourth-order valence-electron chi connectivity index (χ4n) is 2.48. The molecular weight excluding hydrogens is 296 g/mol. The number of aryl methyl sites for hydroxylation is 1. The molecular formula is C17H22N2O4. The number of carbonyl (C=O) groups excluding carboxylic acids is 1. The Labute approximate surface area is 134 Å². The maximum Gasteiger partial charge on any atom is 0.408 e. The average molecular weight is 318 g/mol. The lowest BCUT2D eigenvalue weighted by atomic mass is 10.0. The largest absolute Gasteiger partial charge is 0.480 e. The Kier molecular flexibility index (Phi) is 4.63. The highest BCUT2D eigenvalue weighted by atomic mass is 16.6. The summed E-state index contributed by atoms with van der Waals surface area (Å²) in [4.78, 5) is 26.4. The molecule has 0 aliphatic carbocycles. The van der Waals surface area contributed by atoms with Gasteiger partial charge in [-0.1, -0.05) is 12.1 Å². The Bertz CT molecular complexity index is 728. The first-order valence-electron chi connectivity index (χ1n) is 7.45. The zero-order valence-electron chi connectivity index (χ0n) is 13.8. The smallest absolute Gasteiger partial charge is 0.408 e. The summed E-state index contributed by atoms with van der Waals surface area (Å²) in [6.07, 6.45) is 1.23. The van der Waals surface area contributed by atoms with Gasteiger partial charge >= 0.3 is 12.1 Å². The van der Waals surface area contributed by atoms with Gasteiger partial charge in [0.15, 0.2) is 0 Å². The normalized spacial score (nSPS) is 12.9. The van der Waals surface area contributed by atoms with Gasteiger partial charge in [-0.2, -0.15) is 0 Å². The molecule has 0 spiro atoms. The highest BCUT2D eigenvalue weighted by Gasteiger charge is 2.25. The number of amides is 1. The Hall–Kier alpha value is -2.50. The number of carboxylic acids is 1. The minimum absolute atomic E-state index is 0.180. The molecule has 1 atom stereocenters. The number of alkyl carbamates (subject to hydrolysis) is 1. The number of aromatic amines is 1. The number of nitrogens with one attached hydrogen (secondary N) is 2. The van der Waals surface area contributed by atoms with Crippen LogP contribution in [-0.4, -0.2) is 33.8 Å². The molecule has 2 aromatic rings. The molecule has 1 heterocycles. The van der Waals surface area contributed by atoms with Crippen molar-refractivity contribution in [1.82, 2.24) is 10.3 Å². The van der Waals surface area contributed by atoms with Crippen molar-refractivity contribution in [2.24, 2.45) is 0 Å². The lowest BCUT2D eigenvalue weighted by Crippen LogP contribution is -2.44. The number of fused-ring (bicyclic) bond motifs is 1. The summed E-state index contributed by atoms with van der Waals surface area (Å²) in [6.45, 7) is 7.15. The summed E-state index contributed by atoms with van der Waals surface area (Å²) < 4.78 is 5.13. The molecule has 0 radical (unpaired) electrons. The van der Waals surface area contributed by atoms with Gasteiger partial charge in [0.1, 0.15) is 11.6 Å². The van der Waals surface area contributed by atoms with E-state index in [1.54, 1.807) is 27.0 Å². The van der Waals surface area contributed by atoms with Crippen molar-refractivity contribution in [1.29, 1.82) is 0 Å². The highest BCUT2D eigenvalue weighted by Crippen LogP contribution is 2.23. The average Bonchev–Trinajstić information content (AvgIpc) is 2.80. The molecule has 0 aliphatic rings. The molecule has 6 nitrogen and oxygen atoms in total. The Morgan fingerprint density at radius 2 is 2.04 bits per heavy atom. The van der Waals surface area contributed by atoms with Crippen LogP contribution in [0.15, 0.2) is 24.4 Å². The van der Waals surface area contributed by atoms with E-state index in [0.717, 1.165) is 22.0 Å². The van der Waals surface area contributed by atoms with Crippen molar-refractivity contribution in [3.05, 3.63) is 35.5 Å². The summed E-state index contributed by atoms with van der Waals surface area (Å²) in [5.74, 6) is -1.10. The maximum absolute atomic E-state index is 11.8. The van der Waals surface area contributed by atoms with Crippen LogP contribution in [-0.2, 0) is 16.0 Å². The third kappa shape index (κ3) is 4.25. The molecule has 0 aliphatic heterocycles. The SMILES string of the molecule is Cc1cccc2[nH]cc(C[C@H](NC(=O)OC(C)(C)C)C(=O)O)c12. The van der Waals surface area contributed by atoms with E-state index in [1.165, 1.54) is 0 Å². The van der Waals surface area contributed by atoms with E-state index in [4.69, 9.17) is 4.74 Å². The van der Waals surface area contributed by atoms with Crippen LogP contribution in [0.25, 0.3) is 10.9 Å². The molecule has 6 heteroatoms. The lowest BCUT2D eigenvalue weighted by Gasteiger charge is -2.22. The van der Waals surface area contributed by atoms with Crippen molar-refractivity contribution in [3.8, 4) is 0 Å². The van der Waals surface area contributed by atoms with E-state index in [0.29, 0.717) is 0 Å². The number of hydrogen-bond donors (Lipinski definition) is 3. The van der Waals surface area contributed by atoms with E-state index in [2.05, 4.69) is 10.3 Å². The predicted octanol–water partition coefficient (Wildman–Crippen LogP) is 3.00. The highest BCUT2D eigenvalue weighted by molar-refractivity contribution is 5.88. The number of carboxylic acid groups (broad SMARTS) is 1. The topological polar surface area (TPSA) is 91.4 Å². The van der Waals surface area contributed by atoms with Crippen molar-refractivity contribution < 1.29 is 19.4 Å². The van der Waals surface area contributed by atoms with Crippen molar-refractivity contribution in [2.45, 2.75) is 45.8 Å². The third-order valence-electron chi connectivity index (χ3n) is 3.41. The first-order valence-corrected chi connectivity index (χ1v) is 7.45. The van der Waals surface area contributed by atoms with Crippen LogP contribution >= 0.6 is 0 Å². The molecule has 0 fully saturated rings. The number of aromatic nitrogens is 1. The molecule has 1 aromatic carbocycles. The molecule has 0 saturated heterocycles. The number of H-pyrrole nitrogens is 1. The van der Waals surface area contributed by atoms with Crippen LogP contribution in [0.3, 0.4) is 0 Å². The second-order valence-electron chi connectivity index (χ2n) is 6.55. The lowest BCUT2D eigenvalue weighted by molar-refractivity contribution is -0.139. The van der Waals surface area contributed by atoms with Crippen LogP contribution in [0.4, 0.5) is 4.79 Å². The standard InChI is InChI=1S/C17H22N2O4/c1-10-6-5-7-12-14(10)11(9-18-12)8-13(15(20)21)19-16(22)23-17(2,3)4/h5-7,9,13,18H,8H2,1-4H3,(H,19,22)(H,20,21)/t13-/m0/s1. The molecule has 1 aromatic heterocycles. The third-order valence-corrected chi connectivity index (χ3v) is 3.41. The summed E-state index contributed by atoms with van der Waals surface area (Å²) in [5.41, 5.74) is 2.17. The van der Waals surface area contributed by atoms with Crippen LogP contribution in [0.1, 0.15) is 31.9 Å². The first-order chi connectivity index (χ1) is 10.7. The van der Waals surface area contributed by atoms with Crippen LogP contribution in [0.5, 0.6) is 0 Å². The fraction of sp³-hybridized carbons (Fsp3) is 0.412. The van der Waals surface area contributed by atoms with Crippen LogP contribution < -0.4 is 5.32 Å². The van der Waals surface area contributed by atoms with Gasteiger partial charge in [-0.3, -0.25) is 0 Å². The van der Waals surface area contributed by atoms with Gasteiger partial charge in [0, 0.05) is 23.5 Å². The zero-order valence-corrected chi connectivity index (χ0v) is 13.8. The number of aliphatic carboxylic acids is 1. The van der Waals surface area contributed by atoms with Crippen LogP contribution in [0.2, 0.25) is 0 Å². The number of hydrogen-bond acceptors (Lipinski definition) is 3. The molecule has 0 unspecified atom stereocenters. The monoisotopic (exact) mass is 318 g/mol. The molecule has 3 N–H and O–H groups in total. The van der Waals surface area contributed by atoms with Gasteiger partial charge in [0.25, 0.3) is 0 Å². The molecule has 1 amide bonds. The minimum atomic E-state index is -1.10. The summed E-state index contributed by atoms with van der Waals surface area (Å²) in [5, 5.41) is 12.8. The molecule has 2 rings (SSSR count). The second kappa shape index (κ2) is 6.32.